The van der Waals surface area contributed by atoms with Gasteiger partial charge in [0.25, 0.3) is 0 Å². The van der Waals surface area contributed by atoms with E-state index in [9.17, 15) is 9.59 Å². The molecule has 32 heavy (non-hydrogen) atoms. The zero-order valence-electron chi connectivity index (χ0n) is 18.0. The average Bonchev–Trinajstić information content (AvgIpc) is 2.81. The summed E-state index contributed by atoms with van der Waals surface area (Å²) >= 11 is 12.0. The first-order valence-electron chi connectivity index (χ1n) is 10.7. The largest absolute Gasteiger partial charge is 0.486 e. The third-order valence-electron chi connectivity index (χ3n) is 5.97. The van der Waals surface area contributed by atoms with E-state index in [0.29, 0.717) is 66.5 Å². The Kier molecular flexibility index (Phi) is 7.23. The summed E-state index contributed by atoms with van der Waals surface area (Å²) in [6.45, 7) is 3.26. The number of likely N-dealkylation sites (tertiary alicyclic amines) is 1. The second kappa shape index (κ2) is 10.1. The van der Waals surface area contributed by atoms with Gasteiger partial charge in [0, 0.05) is 25.1 Å². The number of hydrogen-bond acceptors (Lipinski definition) is 5. The molecule has 1 saturated heterocycles. The zero-order chi connectivity index (χ0) is 22.7. The minimum absolute atomic E-state index is 0.0349. The third kappa shape index (κ3) is 5.37. The summed E-state index contributed by atoms with van der Waals surface area (Å²) in [5.74, 6) is 1.44. The van der Waals surface area contributed by atoms with E-state index in [1.807, 2.05) is 12.1 Å². The van der Waals surface area contributed by atoms with Gasteiger partial charge in [-0.15, -0.1) is 0 Å². The van der Waals surface area contributed by atoms with Crippen LogP contribution in [0.2, 0.25) is 10.0 Å². The predicted octanol–water partition coefficient (Wildman–Crippen LogP) is 4.32. The maximum absolute atomic E-state index is 13.0. The van der Waals surface area contributed by atoms with Crippen LogP contribution in [0.4, 0.5) is 0 Å². The summed E-state index contributed by atoms with van der Waals surface area (Å²) in [6.07, 6.45) is 1.47. The van der Waals surface area contributed by atoms with Gasteiger partial charge in [0.1, 0.15) is 13.2 Å². The Morgan fingerprint density at radius 1 is 1.00 bits per heavy atom. The smallest absolute Gasteiger partial charge is 0.236 e. The van der Waals surface area contributed by atoms with Crippen molar-refractivity contribution in [1.29, 1.82) is 0 Å². The molecule has 1 fully saturated rings. The highest BCUT2D eigenvalue weighted by molar-refractivity contribution is 6.42. The number of fused-ring (bicyclic) bond motifs is 1. The maximum Gasteiger partial charge on any atom is 0.236 e. The van der Waals surface area contributed by atoms with Crippen molar-refractivity contribution in [2.75, 3.05) is 39.9 Å². The summed E-state index contributed by atoms with van der Waals surface area (Å²) in [5, 5.41) is 0.979. The molecule has 2 aromatic rings. The molecule has 0 bridgehead atoms. The van der Waals surface area contributed by atoms with Crippen LogP contribution in [0, 0.1) is 5.92 Å². The first kappa shape index (κ1) is 22.9. The van der Waals surface area contributed by atoms with Crippen molar-refractivity contribution in [3.8, 4) is 11.5 Å². The van der Waals surface area contributed by atoms with Gasteiger partial charge in [-0.2, -0.15) is 0 Å². The van der Waals surface area contributed by atoms with E-state index in [2.05, 4.69) is 4.90 Å². The number of benzene rings is 2. The zero-order valence-corrected chi connectivity index (χ0v) is 19.5. The molecule has 1 amide bonds. The second-order valence-corrected chi connectivity index (χ2v) is 9.09. The van der Waals surface area contributed by atoms with E-state index in [4.69, 9.17) is 32.7 Å². The molecule has 2 aliphatic rings. The monoisotopic (exact) mass is 476 g/mol. The molecule has 4 rings (SSSR count). The van der Waals surface area contributed by atoms with Crippen LogP contribution >= 0.6 is 23.2 Å². The molecule has 8 heteroatoms. The quantitative estimate of drug-likeness (QED) is 0.581. The van der Waals surface area contributed by atoms with E-state index < -0.39 is 0 Å². The lowest BCUT2D eigenvalue weighted by Gasteiger charge is -2.32. The van der Waals surface area contributed by atoms with Crippen molar-refractivity contribution in [3.63, 3.8) is 0 Å². The molecule has 170 valence electrons. The molecule has 0 spiro atoms. The number of hydrogen-bond donors (Lipinski definition) is 0. The van der Waals surface area contributed by atoms with Crippen molar-refractivity contribution < 1.29 is 19.1 Å². The molecular weight excluding hydrogens is 451 g/mol. The van der Waals surface area contributed by atoms with Gasteiger partial charge in [0.15, 0.2) is 17.3 Å². The summed E-state index contributed by atoms with van der Waals surface area (Å²) in [4.78, 5) is 29.4. The Balaban J connectivity index is 1.27. The highest BCUT2D eigenvalue weighted by atomic mass is 35.5. The first-order chi connectivity index (χ1) is 15.4. The normalized spacial score (nSPS) is 16.6. The van der Waals surface area contributed by atoms with Gasteiger partial charge in [0.05, 0.1) is 16.6 Å². The summed E-state index contributed by atoms with van der Waals surface area (Å²) in [7, 11) is 1.78. The molecule has 2 heterocycles. The first-order valence-corrected chi connectivity index (χ1v) is 11.5. The number of carbonyl (C=O) groups is 2. The van der Waals surface area contributed by atoms with Crippen molar-refractivity contribution in [1.82, 2.24) is 9.80 Å². The molecule has 0 saturated carbocycles. The average molecular weight is 477 g/mol. The highest BCUT2D eigenvalue weighted by Gasteiger charge is 2.28. The molecule has 6 nitrogen and oxygen atoms in total. The standard InChI is InChI=1S/C24H26Cl2N2O4/c1-27(14-16-2-4-19(25)20(26)12-16)23(29)15-28-8-6-17(7-9-28)24(30)18-3-5-21-22(13-18)32-11-10-31-21/h2-5,12-13,17H,6-11,14-15H2,1H3. The SMILES string of the molecule is CN(Cc1ccc(Cl)c(Cl)c1)C(=O)CN1CCC(C(=O)c2ccc3c(c2)OCCO3)CC1. The molecule has 2 aliphatic heterocycles. The van der Waals surface area contributed by atoms with Gasteiger partial charge in [-0.3, -0.25) is 14.5 Å². The maximum atomic E-state index is 13.0. The second-order valence-electron chi connectivity index (χ2n) is 8.27. The molecule has 0 aliphatic carbocycles. The predicted molar refractivity (Wildman–Crippen MR) is 124 cm³/mol. The van der Waals surface area contributed by atoms with E-state index >= 15 is 0 Å². The minimum Gasteiger partial charge on any atom is -0.486 e. The van der Waals surface area contributed by atoms with E-state index in [0.717, 1.165) is 18.4 Å². The number of ether oxygens (including phenoxy) is 2. The number of halogens is 2. The van der Waals surface area contributed by atoms with Gasteiger partial charge in [-0.1, -0.05) is 29.3 Å². The van der Waals surface area contributed by atoms with Gasteiger partial charge in [-0.05, 0) is 61.8 Å². The number of amides is 1. The van der Waals surface area contributed by atoms with Gasteiger partial charge in [-0.25, -0.2) is 0 Å². The Morgan fingerprint density at radius 3 is 2.44 bits per heavy atom. The Labute approximate surface area is 198 Å². The van der Waals surface area contributed by atoms with Crippen LogP contribution in [0.25, 0.3) is 0 Å². The van der Waals surface area contributed by atoms with E-state index in [1.54, 1.807) is 36.2 Å². The topological polar surface area (TPSA) is 59.1 Å². The fourth-order valence-corrected chi connectivity index (χ4v) is 4.42. The van der Waals surface area contributed by atoms with Crippen molar-refractivity contribution in [2.45, 2.75) is 19.4 Å². The summed E-state index contributed by atoms with van der Waals surface area (Å²) in [6, 6.07) is 10.8. The Bertz CT molecular complexity index is 1010. The summed E-state index contributed by atoms with van der Waals surface area (Å²) < 4.78 is 11.1. The number of likely N-dealkylation sites (N-methyl/N-ethyl adjacent to an activating group) is 1. The molecule has 0 radical (unpaired) electrons. The van der Waals surface area contributed by atoms with Crippen LogP contribution in [-0.2, 0) is 11.3 Å². The lowest BCUT2D eigenvalue weighted by molar-refractivity contribution is -0.131. The number of nitrogens with zero attached hydrogens (tertiary/aromatic N) is 2. The lowest BCUT2D eigenvalue weighted by Crippen LogP contribution is -2.43. The molecule has 0 unspecified atom stereocenters. The van der Waals surface area contributed by atoms with Crippen molar-refractivity contribution in [2.24, 2.45) is 5.92 Å². The molecule has 0 N–H and O–H groups in total. The van der Waals surface area contributed by atoms with Crippen LogP contribution in [-0.4, -0.2) is 61.4 Å². The molecule has 0 aromatic heterocycles. The van der Waals surface area contributed by atoms with Crippen LogP contribution in [0.3, 0.4) is 0 Å². The van der Waals surface area contributed by atoms with E-state index in [1.165, 1.54) is 0 Å². The fourth-order valence-electron chi connectivity index (χ4n) is 4.10. The van der Waals surface area contributed by atoms with Gasteiger partial charge in [0.2, 0.25) is 5.91 Å². The number of ketones is 1. The van der Waals surface area contributed by atoms with Crippen LogP contribution in [0.1, 0.15) is 28.8 Å². The fraction of sp³-hybridized carbons (Fsp3) is 0.417. The van der Waals surface area contributed by atoms with Crippen LogP contribution in [0.15, 0.2) is 36.4 Å². The Hall–Kier alpha value is -2.28. The van der Waals surface area contributed by atoms with Crippen LogP contribution < -0.4 is 9.47 Å². The van der Waals surface area contributed by atoms with Crippen molar-refractivity contribution >= 4 is 34.9 Å². The van der Waals surface area contributed by atoms with Crippen LogP contribution in [0.5, 0.6) is 11.5 Å². The number of piperidine rings is 1. The Morgan fingerprint density at radius 2 is 1.72 bits per heavy atom. The molecule has 2 aromatic carbocycles. The highest BCUT2D eigenvalue weighted by Crippen LogP contribution is 2.32. The molecule has 0 atom stereocenters. The number of rotatable bonds is 6. The van der Waals surface area contributed by atoms with E-state index in [-0.39, 0.29) is 17.6 Å². The van der Waals surface area contributed by atoms with Crippen molar-refractivity contribution in [3.05, 3.63) is 57.6 Å². The van der Waals surface area contributed by atoms with Gasteiger partial charge < -0.3 is 14.4 Å². The van der Waals surface area contributed by atoms with Gasteiger partial charge >= 0.3 is 0 Å². The number of Topliss-reactive ketones (excluding diaryl/α,β-unsaturated/α-hetero) is 1. The summed E-state index contributed by atoms with van der Waals surface area (Å²) in [5.41, 5.74) is 1.59. The number of carbonyl (C=O) groups excluding carboxylic acids is 2. The molecular formula is C24H26Cl2N2O4. The minimum atomic E-state index is -0.0437. The third-order valence-corrected chi connectivity index (χ3v) is 6.71. The lowest BCUT2D eigenvalue weighted by atomic mass is 9.88.